The fraction of sp³-hybridized carbons (Fsp3) is 0.227. The molecule has 0 bridgehead atoms. The molecular formula is C22H23N3O3. The van der Waals surface area contributed by atoms with Crippen molar-refractivity contribution in [2.24, 2.45) is 0 Å². The van der Waals surface area contributed by atoms with E-state index in [9.17, 15) is 9.59 Å². The Morgan fingerprint density at radius 2 is 1.79 bits per heavy atom. The molecule has 1 aromatic heterocycles. The van der Waals surface area contributed by atoms with Crippen molar-refractivity contribution < 1.29 is 9.53 Å². The molecular weight excluding hydrogens is 354 g/mol. The van der Waals surface area contributed by atoms with Gasteiger partial charge in [0.2, 0.25) is 0 Å². The summed E-state index contributed by atoms with van der Waals surface area (Å²) in [5, 5.41) is 7.24. The molecule has 1 atom stereocenters. The van der Waals surface area contributed by atoms with Crippen LogP contribution in [0.2, 0.25) is 0 Å². The normalized spacial score (nSPS) is 11.6. The Hall–Kier alpha value is -3.41. The first kappa shape index (κ1) is 19.4. The Bertz CT molecular complexity index is 982. The quantitative estimate of drug-likeness (QED) is 0.686. The summed E-state index contributed by atoms with van der Waals surface area (Å²) in [6.45, 7) is 2.31. The lowest BCUT2D eigenvalue weighted by molar-refractivity contribution is 0.0928. The van der Waals surface area contributed by atoms with Gasteiger partial charge in [0.1, 0.15) is 11.4 Å². The van der Waals surface area contributed by atoms with Crippen LogP contribution in [-0.4, -0.2) is 22.8 Å². The molecule has 3 aromatic rings. The van der Waals surface area contributed by atoms with Crippen molar-refractivity contribution in [2.45, 2.75) is 25.9 Å². The van der Waals surface area contributed by atoms with Crippen molar-refractivity contribution in [3.8, 4) is 5.75 Å². The first-order chi connectivity index (χ1) is 13.6. The van der Waals surface area contributed by atoms with Gasteiger partial charge in [-0.1, -0.05) is 49.4 Å². The van der Waals surface area contributed by atoms with Gasteiger partial charge in [0, 0.05) is 6.07 Å². The average Bonchev–Trinajstić information content (AvgIpc) is 2.74. The highest BCUT2D eigenvalue weighted by Crippen LogP contribution is 2.20. The summed E-state index contributed by atoms with van der Waals surface area (Å²) in [6, 6.07) is 19.8. The molecule has 0 aliphatic carbocycles. The Kier molecular flexibility index (Phi) is 6.22. The van der Waals surface area contributed by atoms with Crippen LogP contribution in [0.15, 0.2) is 71.5 Å². The minimum absolute atomic E-state index is 0.158. The first-order valence-corrected chi connectivity index (χ1v) is 9.17. The topological polar surface area (TPSA) is 73.2 Å². The van der Waals surface area contributed by atoms with Gasteiger partial charge < -0.3 is 10.1 Å². The van der Waals surface area contributed by atoms with Crippen molar-refractivity contribution in [1.29, 1.82) is 0 Å². The van der Waals surface area contributed by atoms with E-state index in [2.05, 4.69) is 10.4 Å². The molecule has 0 unspecified atom stereocenters. The fourth-order valence-corrected chi connectivity index (χ4v) is 2.93. The Labute approximate surface area is 163 Å². The largest absolute Gasteiger partial charge is 0.497 e. The number of aromatic nitrogens is 2. The van der Waals surface area contributed by atoms with Gasteiger partial charge in [-0.2, -0.15) is 5.10 Å². The molecule has 0 aliphatic rings. The maximum Gasteiger partial charge on any atom is 0.272 e. The Balaban J connectivity index is 1.77. The van der Waals surface area contributed by atoms with Crippen molar-refractivity contribution >= 4 is 5.91 Å². The number of nitrogens with one attached hydrogen (secondary N) is 1. The maximum atomic E-state index is 12.7. The summed E-state index contributed by atoms with van der Waals surface area (Å²) >= 11 is 0. The fourth-order valence-electron chi connectivity index (χ4n) is 2.93. The van der Waals surface area contributed by atoms with E-state index in [4.69, 9.17) is 4.74 Å². The summed E-state index contributed by atoms with van der Waals surface area (Å²) in [5.41, 5.74) is 1.89. The molecule has 28 heavy (non-hydrogen) atoms. The number of carbonyl (C=O) groups is 1. The standard InChI is InChI=1S/C22H23N3O3/c1-3-19(17-9-11-18(28-2)12-10-17)23-22(27)20-13-14-21(26)25(24-20)15-16-7-5-4-6-8-16/h4-14,19H,3,15H2,1-2H3,(H,23,27)/t19-/m0/s1. The van der Waals surface area contributed by atoms with Crippen molar-refractivity contribution in [2.75, 3.05) is 7.11 Å². The third-order valence-corrected chi connectivity index (χ3v) is 4.51. The summed E-state index contributed by atoms with van der Waals surface area (Å²) in [7, 11) is 1.62. The van der Waals surface area contributed by atoms with Gasteiger partial charge in [0.05, 0.1) is 19.7 Å². The van der Waals surface area contributed by atoms with Crippen LogP contribution in [0.3, 0.4) is 0 Å². The van der Waals surface area contributed by atoms with E-state index in [-0.39, 0.29) is 23.2 Å². The third-order valence-electron chi connectivity index (χ3n) is 4.51. The second-order valence-electron chi connectivity index (χ2n) is 6.41. The molecule has 0 radical (unpaired) electrons. The second-order valence-corrected chi connectivity index (χ2v) is 6.41. The minimum Gasteiger partial charge on any atom is -0.497 e. The highest BCUT2D eigenvalue weighted by atomic mass is 16.5. The number of hydrogen-bond acceptors (Lipinski definition) is 4. The molecule has 0 spiro atoms. The monoisotopic (exact) mass is 377 g/mol. The molecule has 2 aromatic carbocycles. The van der Waals surface area contributed by atoms with E-state index >= 15 is 0 Å². The smallest absolute Gasteiger partial charge is 0.272 e. The summed E-state index contributed by atoms with van der Waals surface area (Å²) in [4.78, 5) is 24.8. The molecule has 3 rings (SSSR count). The van der Waals surface area contributed by atoms with Gasteiger partial charge in [-0.25, -0.2) is 4.68 Å². The number of methoxy groups -OCH3 is 1. The highest BCUT2D eigenvalue weighted by Gasteiger charge is 2.16. The van der Waals surface area contributed by atoms with Gasteiger partial charge in [-0.15, -0.1) is 0 Å². The SMILES string of the molecule is CC[C@H](NC(=O)c1ccc(=O)n(Cc2ccccc2)n1)c1ccc(OC)cc1. The molecule has 0 fully saturated rings. The number of ether oxygens (including phenoxy) is 1. The summed E-state index contributed by atoms with van der Waals surface area (Å²) in [5.74, 6) is 0.448. The van der Waals surface area contributed by atoms with Crippen LogP contribution in [0.1, 0.15) is 41.0 Å². The van der Waals surface area contributed by atoms with Gasteiger partial charge in [0.25, 0.3) is 11.5 Å². The Morgan fingerprint density at radius 3 is 2.43 bits per heavy atom. The van der Waals surface area contributed by atoms with Gasteiger partial charge in [-0.3, -0.25) is 9.59 Å². The van der Waals surface area contributed by atoms with E-state index in [1.165, 1.54) is 16.8 Å². The minimum atomic E-state index is -0.315. The zero-order valence-electron chi connectivity index (χ0n) is 16.0. The molecule has 1 amide bonds. The molecule has 6 heteroatoms. The number of rotatable bonds is 7. The Morgan fingerprint density at radius 1 is 1.07 bits per heavy atom. The number of nitrogens with zero attached hydrogens (tertiary/aromatic N) is 2. The van der Waals surface area contributed by atoms with E-state index in [1.54, 1.807) is 7.11 Å². The van der Waals surface area contributed by atoms with E-state index < -0.39 is 0 Å². The lowest BCUT2D eigenvalue weighted by Gasteiger charge is -2.18. The first-order valence-electron chi connectivity index (χ1n) is 9.17. The van der Waals surface area contributed by atoms with Crippen LogP contribution in [-0.2, 0) is 6.54 Å². The predicted octanol–water partition coefficient (Wildman–Crippen LogP) is 3.18. The molecule has 1 heterocycles. The highest BCUT2D eigenvalue weighted by molar-refractivity contribution is 5.92. The average molecular weight is 377 g/mol. The molecule has 6 nitrogen and oxygen atoms in total. The van der Waals surface area contributed by atoms with Crippen LogP contribution >= 0.6 is 0 Å². The van der Waals surface area contributed by atoms with Gasteiger partial charge in [-0.05, 0) is 35.7 Å². The predicted molar refractivity (Wildman–Crippen MR) is 108 cm³/mol. The van der Waals surface area contributed by atoms with E-state index in [0.717, 1.165) is 23.3 Å². The summed E-state index contributed by atoms with van der Waals surface area (Å²) in [6.07, 6.45) is 0.724. The van der Waals surface area contributed by atoms with Crippen LogP contribution in [0.4, 0.5) is 0 Å². The zero-order valence-corrected chi connectivity index (χ0v) is 16.0. The molecule has 0 aliphatic heterocycles. The lowest BCUT2D eigenvalue weighted by Crippen LogP contribution is -2.32. The lowest BCUT2D eigenvalue weighted by atomic mass is 10.0. The van der Waals surface area contributed by atoms with Crippen molar-refractivity contribution in [1.82, 2.24) is 15.1 Å². The number of benzene rings is 2. The van der Waals surface area contributed by atoms with Crippen molar-refractivity contribution in [3.05, 3.63) is 93.9 Å². The molecule has 0 saturated heterocycles. The number of amides is 1. The third kappa shape index (κ3) is 4.65. The van der Waals surface area contributed by atoms with E-state index in [0.29, 0.717) is 6.54 Å². The number of hydrogen-bond donors (Lipinski definition) is 1. The van der Waals surface area contributed by atoms with Crippen molar-refractivity contribution in [3.63, 3.8) is 0 Å². The van der Waals surface area contributed by atoms with Crippen LogP contribution in [0.25, 0.3) is 0 Å². The van der Waals surface area contributed by atoms with Crippen LogP contribution < -0.4 is 15.6 Å². The molecule has 1 N–H and O–H groups in total. The zero-order chi connectivity index (χ0) is 19.9. The molecule has 0 saturated carbocycles. The van der Waals surface area contributed by atoms with Crippen LogP contribution in [0, 0.1) is 0 Å². The van der Waals surface area contributed by atoms with E-state index in [1.807, 2.05) is 61.5 Å². The second kappa shape index (κ2) is 8.99. The maximum absolute atomic E-state index is 12.7. The van der Waals surface area contributed by atoms with Crippen LogP contribution in [0.5, 0.6) is 5.75 Å². The van der Waals surface area contributed by atoms with Gasteiger partial charge >= 0.3 is 0 Å². The summed E-state index contributed by atoms with van der Waals surface area (Å²) < 4.78 is 6.48. The molecule has 144 valence electrons. The van der Waals surface area contributed by atoms with Gasteiger partial charge in [0.15, 0.2) is 0 Å². The number of carbonyl (C=O) groups excluding carboxylic acids is 1.